The molecule has 1 heterocycles. The summed E-state index contributed by atoms with van der Waals surface area (Å²) in [6, 6.07) is 18.0. The van der Waals surface area contributed by atoms with Gasteiger partial charge in [0.1, 0.15) is 0 Å². The number of anilines is 7. The Kier molecular flexibility index (Phi) is 4.69. The summed E-state index contributed by atoms with van der Waals surface area (Å²) in [7, 11) is 1.90. The lowest BCUT2D eigenvalue weighted by molar-refractivity contribution is 1.01. The highest BCUT2D eigenvalue weighted by Gasteiger charge is 2.14. The quantitative estimate of drug-likeness (QED) is 0.393. The van der Waals surface area contributed by atoms with Gasteiger partial charge in [-0.3, -0.25) is 0 Å². The molecule has 4 rings (SSSR count). The molecule has 27 heavy (non-hydrogen) atoms. The molecule has 0 unspecified atom stereocenters. The Balaban J connectivity index is 1.71. The van der Waals surface area contributed by atoms with Crippen molar-refractivity contribution in [2.24, 2.45) is 0 Å². The van der Waals surface area contributed by atoms with E-state index in [2.05, 4.69) is 21.3 Å². The molecule has 0 bridgehead atoms. The molecule has 0 aliphatic carbocycles. The predicted molar refractivity (Wildman–Crippen MR) is 117 cm³/mol. The van der Waals surface area contributed by atoms with Crippen LogP contribution in [0.1, 0.15) is 5.56 Å². The van der Waals surface area contributed by atoms with E-state index in [-0.39, 0.29) is 0 Å². The van der Waals surface area contributed by atoms with Gasteiger partial charge in [-0.1, -0.05) is 23.7 Å². The molecule has 3 aromatic carbocycles. The minimum absolute atomic E-state index is 0.686. The van der Waals surface area contributed by atoms with E-state index in [0.717, 1.165) is 52.1 Å². The molecule has 5 nitrogen and oxygen atoms in total. The Hall–Kier alpha value is -3.05. The summed E-state index contributed by atoms with van der Waals surface area (Å²) in [4.78, 5) is 0. The maximum Gasteiger partial charge on any atom is 0.0642 e. The molecule has 1 aliphatic heterocycles. The van der Waals surface area contributed by atoms with Crippen molar-refractivity contribution in [1.82, 2.24) is 0 Å². The second-order valence-corrected chi connectivity index (χ2v) is 6.95. The van der Waals surface area contributed by atoms with Gasteiger partial charge in [0.15, 0.2) is 0 Å². The average molecular weight is 380 g/mol. The summed E-state index contributed by atoms with van der Waals surface area (Å²) in [5.41, 5.74) is 14.0. The standard InChI is InChI=1S/C21H22ClN5/c1-24-17-4-2-3-5-18(17)27-19-12-21-20(11-15(19)23)25-9-8-13-10-14(22)6-7-16(13)26-21/h2-7,10-12,24-27H,8-9,23H2,1H3. The molecule has 0 aromatic heterocycles. The van der Waals surface area contributed by atoms with Gasteiger partial charge >= 0.3 is 0 Å². The lowest BCUT2D eigenvalue weighted by Gasteiger charge is -2.23. The first-order chi connectivity index (χ1) is 13.1. The van der Waals surface area contributed by atoms with Crippen molar-refractivity contribution in [2.75, 3.05) is 40.6 Å². The first kappa shape index (κ1) is 17.4. The minimum atomic E-state index is 0.686. The van der Waals surface area contributed by atoms with Crippen LogP contribution in [0.25, 0.3) is 0 Å². The molecule has 0 fully saturated rings. The van der Waals surface area contributed by atoms with E-state index >= 15 is 0 Å². The first-order valence-electron chi connectivity index (χ1n) is 8.90. The van der Waals surface area contributed by atoms with Crippen LogP contribution in [0.15, 0.2) is 54.6 Å². The fourth-order valence-corrected chi connectivity index (χ4v) is 3.49. The van der Waals surface area contributed by atoms with E-state index in [1.165, 1.54) is 5.56 Å². The van der Waals surface area contributed by atoms with Gasteiger partial charge in [0, 0.05) is 24.3 Å². The summed E-state index contributed by atoms with van der Waals surface area (Å²) in [6.07, 6.45) is 0.887. The van der Waals surface area contributed by atoms with E-state index in [0.29, 0.717) is 5.69 Å². The Morgan fingerprint density at radius 2 is 1.74 bits per heavy atom. The Morgan fingerprint density at radius 3 is 2.56 bits per heavy atom. The molecular weight excluding hydrogens is 358 g/mol. The van der Waals surface area contributed by atoms with Gasteiger partial charge in [-0.25, -0.2) is 0 Å². The number of halogens is 1. The number of nitrogens with one attached hydrogen (secondary N) is 4. The van der Waals surface area contributed by atoms with Crippen LogP contribution in [0.2, 0.25) is 5.02 Å². The van der Waals surface area contributed by atoms with Crippen LogP contribution in [0.4, 0.5) is 39.8 Å². The second kappa shape index (κ2) is 7.29. The Labute approximate surface area is 163 Å². The van der Waals surface area contributed by atoms with Gasteiger partial charge in [0.25, 0.3) is 0 Å². The third-order valence-electron chi connectivity index (χ3n) is 4.70. The number of para-hydroxylation sites is 2. The number of nitrogen functional groups attached to an aromatic ring is 1. The summed E-state index contributed by atoms with van der Waals surface area (Å²) >= 11 is 6.16. The van der Waals surface area contributed by atoms with Crippen molar-refractivity contribution in [3.8, 4) is 0 Å². The molecular formula is C21H22ClN5. The molecule has 0 atom stereocenters. The summed E-state index contributed by atoms with van der Waals surface area (Å²) in [6.45, 7) is 0.816. The fourth-order valence-electron chi connectivity index (χ4n) is 3.30. The van der Waals surface area contributed by atoms with Crippen molar-refractivity contribution in [3.05, 3.63) is 65.2 Å². The lowest BCUT2D eigenvalue weighted by atomic mass is 10.1. The van der Waals surface area contributed by atoms with Crippen LogP contribution < -0.4 is 27.0 Å². The van der Waals surface area contributed by atoms with Gasteiger partial charge < -0.3 is 27.0 Å². The maximum atomic E-state index is 6.32. The molecule has 6 N–H and O–H groups in total. The highest BCUT2D eigenvalue weighted by molar-refractivity contribution is 6.30. The Morgan fingerprint density at radius 1 is 0.926 bits per heavy atom. The van der Waals surface area contributed by atoms with E-state index in [1.807, 2.05) is 61.6 Å². The summed E-state index contributed by atoms with van der Waals surface area (Å²) < 4.78 is 0. The summed E-state index contributed by atoms with van der Waals surface area (Å²) in [5.74, 6) is 0. The van der Waals surface area contributed by atoms with Gasteiger partial charge in [-0.15, -0.1) is 0 Å². The molecule has 0 saturated carbocycles. The van der Waals surface area contributed by atoms with Crippen LogP contribution in [0.5, 0.6) is 0 Å². The van der Waals surface area contributed by atoms with Crippen LogP contribution >= 0.6 is 11.6 Å². The number of hydrogen-bond acceptors (Lipinski definition) is 5. The fraction of sp³-hybridized carbons (Fsp3) is 0.143. The zero-order chi connectivity index (χ0) is 18.8. The summed E-state index contributed by atoms with van der Waals surface area (Å²) in [5, 5.41) is 14.3. The van der Waals surface area contributed by atoms with E-state index in [9.17, 15) is 0 Å². The van der Waals surface area contributed by atoms with Crippen LogP contribution in [-0.2, 0) is 6.42 Å². The zero-order valence-corrected chi connectivity index (χ0v) is 15.8. The van der Waals surface area contributed by atoms with E-state index in [4.69, 9.17) is 17.3 Å². The monoisotopic (exact) mass is 379 g/mol. The number of nitrogens with two attached hydrogens (primary N) is 1. The highest BCUT2D eigenvalue weighted by Crippen LogP contribution is 2.38. The molecule has 0 amide bonds. The van der Waals surface area contributed by atoms with E-state index < -0.39 is 0 Å². The van der Waals surface area contributed by atoms with Gasteiger partial charge in [0.2, 0.25) is 0 Å². The van der Waals surface area contributed by atoms with Crippen molar-refractivity contribution >= 4 is 51.4 Å². The van der Waals surface area contributed by atoms with Crippen molar-refractivity contribution in [3.63, 3.8) is 0 Å². The van der Waals surface area contributed by atoms with E-state index in [1.54, 1.807) is 0 Å². The number of benzene rings is 3. The largest absolute Gasteiger partial charge is 0.397 e. The first-order valence-corrected chi connectivity index (χ1v) is 9.28. The van der Waals surface area contributed by atoms with Crippen molar-refractivity contribution < 1.29 is 0 Å². The molecule has 0 spiro atoms. The maximum absolute atomic E-state index is 6.32. The van der Waals surface area contributed by atoms with Crippen molar-refractivity contribution in [1.29, 1.82) is 0 Å². The zero-order valence-electron chi connectivity index (χ0n) is 15.1. The molecule has 1 aliphatic rings. The topological polar surface area (TPSA) is 74.1 Å². The van der Waals surface area contributed by atoms with Crippen LogP contribution in [-0.4, -0.2) is 13.6 Å². The minimum Gasteiger partial charge on any atom is -0.397 e. The number of fused-ring (bicyclic) bond motifs is 2. The lowest BCUT2D eigenvalue weighted by Crippen LogP contribution is -2.13. The third-order valence-corrected chi connectivity index (χ3v) is 4.94. The van der Waals surface area contributed by atoms with Gasteiger partial charge in [-0.05, 0) is 54.4 Å². The highest BCUT2D eigenvalue weighted by atomic mass is 35.5. The SMILES string of the molecule is CNc1ccccc1Nc1cc2c(cc1N)NCCc1cc(Cl)ccc1N2. The molecule has 0 radical (unpaired) electrons. The van der Waals surface area contributed by atoms with Crippen molar-refractivity contribution in [2.45, 2.75) is 6.42 Å². The normalized spacial score (nSPS) is 12.5. The second-order valence-electron chi connectivity index (χ2n) is 6.51. The smallest absolute Gasteiger partial charge is 0.0642 e. The van der Waals surface area contributed by atoms with Crippen LogP contribution in [0, 0.1) is 0 Å². The molecule has 6 heteroatoms. The average Bonchev–Trinajstić information content (AvgIpc) is 2.65. The number of rotatable bonds is 3. The molecule has 0 saturated heterocycles. The predicted octanol–water partition coefficient (Wildman–Crippen LogP) is 5.42. The third kappa shape index (κ3) is 3.59. The van der Waals surface area contributed by atoms with Crippen LogP contribution in [0.3, 0.4) is 0 Å². The Bertz CT molecular complexity index is 986. The molecule has 138 valence electrons. The van der Waals surface area contributed by atoms with Gasteiger partial charge in [0.05, 0.1) is 34.1 Å². The van der Waals surface area contributed by atoms with Gasteiger partial charge in [-0.2, -0.15) is 0 Å². The number of hydrogen-bond donors (Lipinski definition) is 5. The molecule has 3 aromatic rings.